The van der Waals surface area contributed by atoms with E-state index in [9.17, 15) is 20.0 Å². The van der Waals surface area contributed by atoms with Crippen LogP contribution in [-0.4, -0.2) is 40.7 Å². The molecule has 24 heavy (non-hydrogen) atoms. The summed E-state index contributed by atoms with van der Waals surface area (Å²) in [6.07, 6.45) is 1.98. The van der Waals surface area contributed by atoms with Crippen LogP contribution >= 0.6 is 0 Å². The Balaban J connectivity index is 1.94. The van der Waals surface area contributed by atoms with E-state index < -0.39 is 12.0 Å². The molecule has 1 N–H and O–H groups in total. The van der Waals surface area contributed by atoms with Gasteiger partial charge in [-0.2, -0.15) is 5.26 Å². The predicted octanol–water partition coefficient (Wildman–Crippen LogP) is 2.47. The zero-order chi connectivity index (χ0) is 17.1. The van der Waals surface area contributed by atoms with Gasteiger partial charge in [-0.1, -0.05) is 30.3 Å². The molecule has 1 aromatic carbocycles. The molecular formula is C18H17N3O3. The van der Waals surface area contributed by atoms with Gasteiger partial charge < -0.3 is 10.0 Å². The van der Waals surface area contributed by atoms with Crippen molar-refractivity contribution in [2.75, 3.05) is 13.1 Å². The molecule has 1 saturated heterocycles. The van der Waals surface area contributed by atoms with Crippen LogP contribution in [0.1, 0.15) is 18.4 Å². The van der Waals surface area contributed by atoms with Crippen molar-refractivity contribution in [2.45, 2.75) is 12.8 Å². The monoisotopic (exact) mass is 323 g/mol. The smallest absolute Gasteiger partial charge is 0.407 e. The first-order valence-electron chi connectivity index (χ1n) is 7.87. The van der Waals surface area contributed by atoms with E-state index >= 15 is 0 Å². The Kier molecular flexibility index (Phi) is 4.43. The average molecular weight is 323 g/mol. The number of benzene rings is 1. The zero-order valence-corrected chi connectivity index (χ0v) is 13.1. The third kappa shape index (κ3) is 3.06. The normalized spacial score (nSPS) is 24.0. The van der Waals surface area contributed by atoms with E-state index in [0.29, 0.717) is 24.5 Å². The maximum absolute atomic E-state index is 12.4. The number of ketones is 1. The van der Waals surface area contributed by atoms with Crippen LogP contribution in [0.15, 0.2) is 47.1 Å². The Bertz CT molecular complexity index is 761. The molecule has 2 unspecified atom stereocenters. The number of rotatable bonds is 2. The topological polar surface area (TPSA) is 93.8 Å². The summed E-state index contributed by atoms with van der Waals surface area (Å²) in [5.74, 6) is -1.30. The quantitative estimate of drug-likeness (QED) is 0.904. The molecule has 0 aromatic heterocycles. The van der Waals surface area contributed by atoms with E-state index in [-0.39, 0.29) is 11.7 Å². The minimum absolute atomic E-state index is 0.114. The number of hydrogen-bond donors (Lipinski definition) is 1. The maximum Gasteiger partial charge on any atom is 0.407 e. The minimum atomic E-state index is -0.954. The Hall–Kier alpha value is -2.94. The largest absolute Gasteiger partial charge is 0.465 e. The van der Waals surface area contributed by atoms with Crippen LogP contribution < -0.4 is 0 Å². The second kappa shape index (κ2) is 6.67. The van der Waals surface area contributed by atoms with Gasteiger partial charge in [-0.05, 0) is 18.4 Å². The Morgan fingerprint density at radius 3 is 2.75 bits per heavy atom. The number of amides is 1. The predicted molar refractivity (Wildman–Crippen MR) is 87.5 cm³/mol. The first-order valence-corrected chi connectivity index (χ1v) is 7.87. The number of hydrogen-bond acceptors (Lipinski definition) is 4. The van der Waals surface area contributed by atoms with Crippen molar-refractivity contribution < 1.29 is 14.7 Å². The molecule has 6 nitrogen and oxygen atoms in total. The lowest BCUT2D eigenvalue weighted by Crippen LogP contribution is -2.40. The van der Waals surface area contributed by atoms with Crippen molar-refractivity contribution in [2.24, 2.45) is 16.8 Å². The van der Waals surface area contributed by atoms with Crippen LogP contribution in [0.5, 0.6) is 0 Å². The van der Waals surface area contributed by atoms with Crippen LogP contribution in [0.2, 0.25) is 0 Å². The number of carboxylic acid groups (broad SMARTS) is 1. The van der Waals surface area contributed by atoms with Gasteiger partial charge in [0.15, 0.2) is 11.7 Å². The van der Waals surface area contributed by atoms with Crippen molar-refractivity contribution in [1.29, 1.82) is 5.26 Å². The van der Waals surface area contributed by atoms with Crippen molar-refractivity contribution in [3.63, 3.8) is 0 Å². The molecule has 0 spiro atoms. The molecule has 1 aromatic rings. The molecule has 3 rings (SSSR count). The Labute approximate surface area is 139 Å². The third-order valence-corrected chi connectivity index (χ3v) is 4.41. The highest BCUT2D eigenvalue weighted by atomic mass is 16.4. The lowest BCUT2D eigenvalue weighted by molar-refractivity contribution is -0.115. The summed E-state index contributed by atoms with van der Waals surface area (Å²) in [5, 5.41) is 18.5. The lowest BCUT2D eigenvalue weighted by Gasteiger charge is -2.32. The molecule has 2 aliphatic rings. The first kappa shape index (κ1) is 15.9. The molecule has 0 bridgehead atoms. The van der Waals surface area contributed by atoms with E-state index in [1.807, 2.05) is 36.4 Å². The fourth-order valence-corrected chi connectivity index (χ4v) is 3.17. The second-order valence-electron chi connectivity index (χ2n) is 5.96. The summed E-state index contributed by atoms with van der Waals surface area (Å²) in [5.41, 5.74) is 1.78. The SMILES string of the molecule is N#CC1C(=O)C=C(C2CCCN(C(=O)O)C2)N=C1c1ccccc1. The number of nitriles is 1. The number of allylic oxidation sites excluding steroid dienone is 1. The summed E-state index contributed by atoms with van der Waals surface area (Å²) in [6, 6.07) is 11.2. The average Bonchev–Trinajstić information content (AvgIpc) is 2.62. The molecule has 2 heterocycles. The number of carbonyl (C=O) groups excluding carboxylic acids is 1. The van der Waals surface area contributed by atoms with Crippen LogP contribution in [0.25, 0.3) is 0 Å². The van der Waals surface area contributed by atoms with E-state index in [0.717, 1.165) is 18.4 Å². The molecule has 1 amide bonds. The summed E-state index contributed by atoms with van der Waals surface area (Å²) in [4.78, 5) is 29.5. The fraction of sp³-hybridized carbons (Fsp3) is 0.333. The van der Waals surface area contributed by atoms with E-state index in [1.54, 1.807) is 0 Å². The van der Waals surface area contributed by atoms with Crippen molar-refractivity contribution in [1.82, 2.24) is 4.90 Å². The Morgan fingerprint density at radius 1 is 1.33 bits per heavy atom. The molecule has 1 fully saturated rings. The van der Waals surface area contributed by atoms with Gasteiger partial charge in [0.1, 0.15) is 0 Å². The van der Waals surface area contributed by atoms with Gasteiger partial charge in [-0.15, -0.1) is 0 Å². The van der Waals surface area contributed by atoms with Gasteiger partial charge in [0.05, 0.1) is 11.8 Å². The van der Waals surface area contributed by atoms with E-state index in [1.165, 1.54) is 11.0 Å². The van der Waals surface area contributed by atoms with Crippen LogP contribution in [0.4, 0.5) is 4.79 Å². The zero-order valence-electron chi connectivity index (χ0n) is 13.1. The van der Waals surface area contributed by atoms with Gasteiger partial charge >= 0.3 is 6.09 Å². The minimum Gasteiger partial charge on any atom is -0.465 e. The van der Waals surface area contributed by atoms with Gasteiger partial charge in [0, 0.05) is 30.8 Å². The summed E-state index contributed by atoms with van der Waals surface area (Å²) >= 11 is 0. The molecular weight excluding hydrogens is 306 g/mol. The molecule has 0 radical (unpaired) electrons. The maximum atomic E-state index is 12.4. The fourth-order valence-electron chi connectivity index (χ4n) is 3.17. The highest BCUT2D eigenvalue weighted by Crippen LogP contribution is 2.29. The summed E-state index contributed by atoms with van der Waals surface area (Å²) in [6.45, 7) is 0.834. The van der Waals surface area contributed by atoms with Crippen LogP contribution in [-0.2, 0) is 4.79 Å². The number of likely N-dealkylation sites (tertiary alicyclic amines) is 1. The number of aliphatic imine (C=N–C) groups is 1. The molecule has 2 aliphatic heterocycles. The van der Waals surface area contributed by atoms with Gasteiger partial charge in [0.25, 0.3) is 0 Å². The highest BCUT2D eigenvalue weighted by molar-refractivity contribution is 6.20. The molecule has 6 heteroatoms. The second-order valence-corrected chi connectivity index (χ2v) is 5.96. The molecule has 0 aliphatic carbocycles. The van der Waals surface area contributed by atoms with Gasteiger partial charge in [-0.25, -0.2) is 4.79 Å². The standard InChI is InChI=1S/C18H17N3O3/c19-10-14-16(22)9-15(13-7-4-8-21(11-13)18(23)24)20-17(14)12-5-2-1-3-6-12/h1-3,5-6,9,13-14H,4,7-8,11H2,(H,23,24). The number of carbonyl (C=O) groups is 2. The highest BCUT2D eigenvalue weighted by Gasteiger charge is 2.33. The summed E-state index contributed by atoms with van der Waals surface area (Å²) in [7, 11) is 0. The molecule has 2 atom stereocenters. The van der Waals surface area contributed by atoms with Crippen molar-refractivity contribution in [3.05, 3.63) is 47.7 Å². The number of piperidine rings is 1. The van der Waals surface area contributed by atoms with Crippen LogP contribution in [0, 0.1) is 23.2 Å². The molecule has 0 saturated carbocycles. The Morgan fingerprint density at radius 2 is 2.08 bits per heavy atom. The first-order chi connectivity index (χ1) is 11.6. The number of nitrogens with zero attached hydrogens (tertiary/aromatic N) is 3. The van der Waals surface area contributed by atoms with Gasteiger partial charge in [0.2, 0.25) is 0 Å². The lowest BCUT2D eigenvalue weighted by atomic mass is 9.87. The molecule has 122 valence electrons. The van der Waals surface area contributed by atoms with Crippen LogP contribution in [0.3, 0.4) is 0 Å². The summed E-state index contributed by atoms with van der Waals surface area (Å²) < 4.78 is 0. The third-order valence-electron chi connectivity index (χ3n) is 4.41. The van der Waals surface area contributed by atoms with Crippen molar-refractivity contribution in [3.8, 4) is 6.07 Å². The van der Waals surface area contributed by atoms with Crippen molar-refractivity contribution >= 4 is 17.6 Å². The van der Waals surface area contributed by atoms with E-state index in [2.05, 4.69) is 4.99 Å². The van der Waals surface area contributed by atoms with Gasteiger partial charge in [-0.3, -0.25) is 9.79 Å². The van der Waals surface area contributed by atoms with E-state index in [4.69, 9.17) is 0 Å².